The molecule has 0 radical (unpaired) electrons. The molecule has 0 bridgehead atoms. The molecular weight excluding hydrogens is 280 g/mol. The van der Waals surface area contributed by atoms with Crippen LogP contribution in [0.15, 0.2) is 0 Å². The topological polar surface area (TPSA) is 92.4 Å². The van der Waals surface area contributed by atoms with Crippen LogP contribution in [0.25, 0.3) is 0 Å². The molecule has 1 rings (SSSR count). The Kier molecular flexibility index (Phi) is 6.85. The molecule has 1 fully saturated rings. The van der Waals surface area contributed by atoms with E-state index in [4.69, 9.17) is 10.8 Å². The lowest BCUT2D eigenvalue weighted by Crippen LogP contribution is -2.45. The van der Waals surface area contributed by atoms with Crippen LogP contribution in [0.3, 0.4) is 0 Å². The van der Waals surface area contributed by atoms with Gasteiger partial charge < -0.3 is 16.2 Å². The Morgan fingerprint density at radius 2 is 1.95 bits per heavy atom. The molecule has 0 aromatic carbocycles. The molecule has 22 heavy (non-hydrogen) atoms. The van der Waals surface area contributed by atoms with Crippen LogP contribution in [0.4, 0.5) is 0 Å². The van der Waals surface area contributed by atoms with Crippen LogP contribution in [0.1, 0.15) is 66.2 Å². The third-order valence-corrected chi connectivity index (χ3v) is 4.86. The van der Waals surface area contributed by atoms with Gasteiger partial charge in [0.1, 0.15) is 0 Å². The summed E-state index contributed by atoms with van der Waals surface area (Å²) in [6.45, 7) is 8.90. The highest BCUT2D eigenvalue weighted by Gasteiger charge is 2.35. The Labute approximate surface area is 134 Å². The van der Waals surface area contributed by atoms with Gasteiger partial charge >= 0.3 is 5.97 Å². The molecule has 1 aliphatic rings. The van der Waals surface area contributed by atoms with Crippen molar-refractivity contribution in [3.8, 4) is 0 Å². The first-order valence-corrected chi connectivity index (χ1v) is 8.39. The van der Waals surface area contributed by atoms with Gasteiger partial charge in [0.2, 0.25) is 5.91 Å². The van der Waals surface area contributed by atoms with Crippen molar-refractivity contribution >= 4 is 11.9 Å². The molecule has 4 N–H and O–H groups in total. The summed E-state index contributed by atoms with van der Waals surface area (Å²) in [5, 5.41) is 11.5. The minimum absolute atomic E-state index is 0.0357. The number of hydrogen-bond acceptors (Lipinski definition) is 3. The summed E-state index contributed by atoms with van der Waals surface area (Å²) < 4.78 is 0. The summed E-state index contributed by atoms with van der Waals surface area (Å²) in [7, 11) is 0. The van der Waals surface area contributed by atoms with Gasteiger partial charge in [-0.05, 0) is 43.4 Å². The summed E-state index contributed by atoms with van der Waals surface area (Å²) in [4.78, 5) is 22.4. The zero-order chi connectivity index (χ0) is 16.9. The quantitative estimate of drug-likeness (QED) is 0.673. The number of carbonyl (C=O) groups excluding carboxylic acids is 1. The van der Waals surface area contributed by atoms with E-state index < -0.39 is 12.0 Å². The van der Waals surface area contributed by atoms with Crippen molar-refractivity contribution in [2.24, 2.45) is 23.0 Å². The molecule has 5 nitrogen and oxygen atoms in total. The van der Waals surface area contributed by atoms with Gasteiger partial charge in [-0.15, -0.1) is 0 Å². The molecule has 128 valence electrons. The van der Waals surface area contributed by atoms with Crippen LogP contribution in [0.5, 0.6) is 0 Å². The van der Waals surface area contributed by atoms with E-state index in [1.807, 2.05) is 6.92 Å². The van der Waals surface area contributed by atoms with Crippen LogP contribution in [-0.4, -0.2) is 29.1 Å². The normalized spacial score (nSPS) is 24.8. The third-order valence-electron chi connectivity index (χ3n) is 4.86. The average molecular weight is 312 g/mol. The second-order valence-electron chi connectivity index (χ2n) is 7.85. The van der Waals surface area contributed by atoms with Crippen LogP contribution in [-0.2, 0) is 9.59 Å². The number of hydrogen-bond donors (Lipinski definition) is 3. The van der Waals surface area contributed by atoms with Crippen molar-refractivity contribution in [1.29, 1.82) is 0 Å². The minimum atomic E-state index is -1.05. The van der Waals surface area contributed by atoms with E-state index in [1.165, 1.54) is 19.3 Å². The van der Waals surface area contributed by atoms with E-state index in [0.29, 0.717) is 5.41 Å². The Morgan fingerprint density at radius 1 is 1.32 bits per heavy atom. The minimum Gasteiger partial charge on any atom is -0.481 e. The van der Waals surface area contributed by atoms with Crippen molar-refractivity contribution < 1.29 is 14.7 Å². The molecule has 0 spiro atoms. The maximum Gasteiger partial charge on any atom is 0.305 e. The van der Waals surface area contributed by atoms with Gasteiger partial charge in [0, 0.05) is 6.04 Å². The number of carboxylic acids is 1. The molecule has 1 saturated carbocycles. The van der Waals surface area contributed by atoms with E-state index in [2.05, 4.69) is 26.1 Å². The zero-order valence-electron chi connectivity index (χ0n) is 14.4. The molecule has 0 heterocycles. The Balaban J connectivity index is 2.38. The molecule has 0 aromatic rings. The number of aliphatic carboxylic acids is 1. The standard InChI is InChI=1S/C17H32N2O3/c1-11(19-16(22)14(18)10-15(20)21)8-9-12-6-5-7-13(12)17(2,3)4/h11-14H,5-10,18H2,1-4H3,(H,19,22)(H,20,21)/t11?,12?,13?,14-/m0/s1. The predicted molar refractivity (Wildman–Crippen MR) is 87.4 cm³/mol. The maximum atomic E-state index is 11.8. The first kappa shape index (κ1) is 18.9. The van der Waals surface area contributed by atoms with E-state index in [9.17, 15) is 9.59 Å². The average Bonchev–Trinajstić information content (AvgIpc) is 2.83. The molecule has 5 heteroatoms. The van der Waals surface area contributed by atoms with E-state index in [-0.39, 0.29) is 18.4 Å². The van der Waals surface area contributed by atoms with Gasteiger partial charge in [-0.3, -0.25) is 9.59 Å². The van der Waals surface area contributed by atoms with Crippen LogP contribution >= 0.6 is 0 Å². The number of nitrogens with two attached hydrogens (primary N) is 1. The second kappa shape index (κ2) is 7.95. The number of amides is 1. The summed E-state index contributed by atoms with van der Waals surface area (Å²) >= 11 is 0. The van der Waals surface area contributed by atoms with Gasteiger partial charge in [-0.2, -0.15) is 0 Å². The second-order valence-corrected chi connectivity index (χ2v) is 7.85. The molecule has 1 amide bonds. The molecule has 3 unspecified atom stereocenters. The van der Waals surface area contributed by atoms with Crippen molar-refractivity contribution in [3.63, 3.8) is 0 Å². The Bertz CT molecular complexity index is 390. The number of nitrogens with one attached hydrogen (secondary N) is 1. The number of carbonyl (C=O) groups is 2. The molecule has 0 aromatic heterocycles. The lowest BCUT2D eigenvalue weighted by Gasteiger charge is -2.33. The molecular formula is C17H32N2O3. The lowest BCUT2D eigenvalue weighted by molar-refractivity contribution is -0.139. The fourth-order valence-electron chi connectivity index (χ4n) is 3.69. The van der Waals surface area contributed by atoms with Crippen LogP contribution in [0.2, 0.25) is 0 Å². The highest BCUT2D eigenvalue weighted by molar-refractivity contribution is 5.86. The molecule has 1 aliphatic carbocycles. The van der Waals surface area contributed by atoms with E-state index >= 15 is 0 Å². The summed E-state index contributed by atoms with van der Waals surface area (Å²) in [6, 6.07) is -0.928. The third kappa shape index (κ3) is 5.95. The van der Waals surface area contributed by atoms with E-state index in [1.54, 1.807) is 0 Å². The fourth-order valence-corrected chi connectivity index (χ4v) is 3.69. The van der Waals surface area contributed by atoms with Gasteiger partial charge in [0.15, 0.2) is 0 Å². The highest BCUT2D eigenvalue weighted by atomic mass is 16.4. The van der Waals surface area contributed by atoms with Crippen molar-refractivity contribution in [2.45, 2.75) is 78.3 Å². The van der Waals surface area contributed by atoms with Crippen molar-refractivity contribution in [3.05, 3.63) is 0 Å². The largest absolute Gasteiger partial charge is 0.481 e. The van der Waals surface area contributed by atoms with Gasteiger partial charge in [-0.25, -0.2) is 0 Å². The van der Waals surface area contributed by atoms with Gasteiger partial charge in [0.25, 0.3) is 0 Å². The maximum absolute atomic E-state index is 11.8. The summed E-state index contributed by atoms with van der Waals surface area (Å²) in [5.74, 6) is 0.0692. The fraction of sp³-hybridized carbons (Fsp3) is 0.882. The van der Waals surface area contributed by atoms with Crippen LogP contribution < -0.4 is 11.1 Å². The van der Waals surface area contributed by atoms with Crippen molar-refractivity contribution in [2.75, 3.05) is 0 Å². The molecule has 0 saturated heterocycles. The predicted octanol–water partition coefficient (Wildman–Crippen LogP) is 2.54. The monoisotopic (exact) mass is 312 g/mol. The van der Waals surface area contributed by atoms with Crippen molar-refractivity contribution in [1.82, 2.24) is 5.32 Å². The van der Waals surface area contributed by atoms with E-state index in [0.717, 1.165) is 24.7 Å². The number of carboxylic acid groups (broad SMARTS) is 1. The van der Waals surface area contributed by atoms with Gasteiger partial charge in [0.05, 0.1) is 12.5 Å². The first-order chi connectivity index (χ1) is 10.1. The summed E-state index contributed by atoms with van der Waals surface area (Å²) in [6.07, 6.45) is 5.59. The Morgan fingerprint density at radius 3 is 2.50 bits per heavy atom. The highest BCUT2D eigenvalue weighted by Crippen LogP contribution is 2.45. The summed E-state index contributed by atoms with van der Waals surface area (Å²) in [5.41, 5.74) is 5.92. The smallest absolute Gasteiger partial charge is 0.305 e. The van der Waals surface area contributed by atoms with Gasteiger partial charge in [-0.1, -0.05) is 33.6 Å². The first-order valence-electron chi connectivity index (χ1n) is 8.39. The Hall–Kier alpha value is -1.10. The molecule has 4 atom stereocenters. The zero-order valence-corrected chi connectivity index (χ0v) is 14.4. The lowest BCUT2D eigenvalue weighted by atomic mass is 9.73. The van der Waals surface area contributed by atoms with Crippen LogP contribution in [0, 0.1) is 17.3 Å². The SMILES string of the molecule is CC(CCC1CCCC1C(C)(C)C)NC(=O)[C@@H](N)CC(=O)O. The number of rotatable bonds is 7. The molecule has 0 aliphatic heterocycles.